The Morgan fingerprint density at radius 3 is 2.44 bits per heavy atom. The fourth-order valence-electron chi connectivity index (χ4n) is 3.28. The van der Waals surface area contributed by atoms with Gasteiger partial charge in [-0.1, -0.05) is 53.7 Å². The minimum atomic E-state index is -0.267. The van der Waals surface area contributed by atoms with Gasteiger partial charge in [-0.25, -0.2) is 0 Å². The van der Waals surface area contributed by atoms with Gasteiger partial charge in [-0.15, -0.1) is 0 Å². The van der Waals surface area contributed by atoms with Gasteiger partial charge in [0, 0.05) is 16.5 Å². The van der Waals surface area contributed by atoms with Crippen LogP contribution in [0.1, 0.15) is 18.4 Å². The Labute approximate surface area is 167 Å². The number of benzene rings is 2. The van der Waals surface area contributed by atoms with Crippen molar-refractivity contribution in [3.05, 3.63) is 70.1 Å². The van der Waals surface area contributed by atoms with Crippen LogP contribution in [-0.2, 0) is 14.3 Å². The van der Waals surface area contributed by atoms with Crippen molar-refractivity contribution in [1.29, 1.82) is 0 Å². The van der Waals surface area contributed by atoms with Crippen LogP contribution in [0.5, 0.6) is 0 Å². The predicted octanol–water partition coefficient (Wildman–Crippen LogP) is 4.39. The number of halogens is 1. The van der Waals surface area contributed by atoms with E-state index in [-0.39, 0.29) is 17.9 Å². The van der Waals surface area contributed by atoms with E-state index in [2.05, 4.69) is 0 Å². The molecular formula is C21H18ClNO3S. The van der Waals surface area contributed by atoms with Crippen LogP contribution >= 0.6 is 23.4 Å². The number of hydrogen-bond donors (Lipinski definition) is 0. The van der Waals surface area contributed by atoms with Gasteiger partial charge in [0.1, 0.15) is 0 Å². The Morgan fingerprint density at radius 2 is 1.78 bits per heavy atom. The number of carbonyl (C=O) groups is 2. The van der Waals surface area contributed by atoms with E-state index in [1.165, 1.54) is 16.7 Å². The molecule has 4 rings (SSSR count). The van der Waals surface area contributed by atoms with E-state index < -0.39 is 0 Å². The highest BCUT2D eigenvalue weighted by Gasteiger charge is 2.40. The minimum Gasteiger partial charge on any atom is -0.376 e. The van der Waals surface area contributed by atoms with E-state index in [9.17, 15) is 9.59 Å². The lowest BCUT2D eigenvalue weighted by Crippen LogP contribution is -2.37. The van der Waals surface area contributed by atoms with Gasteiger partial charge >= 0.3 is 0 Å². The molecule has 0 saturated carbocycles. The molecule has 4 nitrogen and oxygen atoms in total. The molecule has 2 aromatic carbocycles. The molecule has 1 fully saturated rings. The summed E-state index contributed by atoms with van der Waals surface area (Å²) in [5, 5.41) is 0.588. The summed E-state index contributed by atoms with van der Waals surface area (Å²) in [7, 11) is 0. The minimum absolute atomic E-state index is 0.0783. The first-order valence-corrected chi connectivity index (χ1v) is 10.0. The van der Waals surface area contributed by atoms with Crippen LogP contribution in [0, 0.1) is 0 Å². The lowest BCUT2D eigenvalue weighted by atomic mass is 10.1. The number of rotatable bonds is 5. The third-order valence-corrected chi connectivity index (χ3v) is 5.97. The summed E-state index contributed by atoms with van der Waals surface area (Å²) >= 11 is 7.32. The summed E-state index contributed by atoms with van der Waals surface area (Å²) in [6, 6.07) is 16.6. The second-order valence-electron chi connectivity index (χ2n) is 6.48. The first kappa shape index (κ1) is 18.3. The van der Waals surface area contributed by atoms with Crippen molar-refractivity contribution in [2.45, 2.75) is 23.8 Å². The van der Waals surface area contributed by atoms with E-state index >= 15 is 0 Å². The van der Waals surface area contributed by atoms with Crippen molar-refractivity contribution < 1.29 is 14.3 Å². The van der Waals surface area contributed by atoms with Crippen LogP contribution in [0.15, 0.2) is 64.4 Å². The van der Waals surface area contributed by atoms with Crippen molar-refractivity contribution >= 4 is 40.8 Å². The van der Waals surface area contributed by atoms with E-state index in [1.54, 1.807) is 24.3 Å². The van der Waals surface area contributed by atoms with Crippen LogP contribution in [0.3, 0.4) is 0 Å². The average Bonchev–Trinajstić information content (AvgIpc) is 3.27. The summed E-state index contributed by atoms with van der Waals surface area (Å²) in [5.41, 5.74) is 1.13. The maximum Gasteiger partial charge on any atom is 0.268 e. The summed E-state index contributed by atoms with van der Waals surface area (Å²) in [6.45, 7) is 0.984. The lowest BCUT2D eigenvalue weighted by molar-refractivity contribution is -0.138. The number of imide groups is 1. The van der Waals surface area contributed by atoms with E-state index in [4.69, 9.17) is 16.3 Å². The van der Waals surface area contributed by atoms with Crippen molar-refractivity contribution in [3.63, 3.8) is 0 Å². The molecule has 2 amide bonds. The third kappa shape index (κ3) is 3.81. The third-order valence-electron chi connectivity index (χ3n) is 4.63. The second kappa shape index (κ2) is 7.89. The van der Waals surface area contributed by atoms with E-state index in [1.807, 2.05) is 30.3 Å². The van der Waals surface area contributed by atoms with Gasteiger partial charge in [-0.3, -0.25) is 14.5 Å². The molecule has 1 unspecified atom stereocenters. The van der Waals surface area contributed by atoms with Gasteiger partial charge in [-0.05, 0) is 42.7 Å². The van der Waals surface area contributed by atoms with Gasteiger partial charge in [-0.2, -0.15) is 0 Å². The van der Waals surface area contributed by atoms with Crippen LogP contribution in [-0.4, -0.2) is 36.0 Å². The maximum atomic E-state index is 13.1. The van der Waals surface area contributed by atoms with Crippen molar-refractivity contribution in [2.75, 3.05) is 13.2 Å². The fraction of sp³-hybridized carbons (Fsp3) is 0.238. The van der Waals surface area contributed by atoms with E-state index in [0.29, 0.717) is 34.2 Å². The molecule has 2 aliphatic rings. The van der Waals surface area contributed by atoms with Crippen molar-refractivity contribution in [3.8, 4) is 0 Å². The maximum absolute atomic E-state index is 13.1. The van der Waals surface area contributed by atoms with Gasteiger partial charge in [0.25, 0.3) is 11.8 Å². The first-order valence-electron chi connectivity index (χ1n) is 8.84. The normalized spacial score (nSPS) is 20.0. The molecule has 0 N–H and O–H groups in total. The van der Waals surface area contributed by atoms with Crippen LogP contribution in [0.2, 0.25) is 5.02 Å². The zero-order valence-corrected chi connectivity index (χ0v) is 16.1. The molecule has 1 saturated heterocycles. The second-order valence-corrected chi connectivity index (χ2v) is 8.00. The first-order chi connectivity index (χ1) is 13.1. The molecule has 27 heavy (non-hydrogen) atoms. The SMILES string of the molecule is O=C1C(Sc2ccccc2)=C(c2ccc(Cl)cc2)C(=O)N1CC1CCCO1. The Bertz CT molecular complexity index is 889. The quantitative estimate of drug-likeness (QED) is 0.699. The molecule has 0 aliphatic carbocycles. The summed E-state index contributed by atoms with van der Waals surface area (Å²) in [6.07, 6.45) is 1.75. The monoisotopic (exact) mass is 399 g/mol. The largest absolute Gasteiger partial charge is 0.376 e. The fourth-order valence-corrected chi connectivity index (χ4v) is 4.44. The smallest absolute Gasteiger partial charge is 0.268 e. The standard InChI is InChI=1S/C21H18ClNO3S/c22-15-10-8-14(9-11-15)18-19(27-17-6-2-1-3-7-17)21(25)23(20(18)24)13-16-5-4-12-26-16/h1-3,6-11,16H,4-5,12-13H2. The van der Waals surface area contributed by atoms with Crippen LogP contribution in [0.25, 0.3) is 5.57 Å². The highest BCUT2D eigenvalue weighted by Crippen LogP contribution is 2.40. The number of ether oxygens (including phenoxy) is 1. The van der Waals surface area contributed by atoms with Crippen molar-refractivity contribution in [1.82, 2.24) is 4.90 Å². The molecule has 0 aromatic heterocycles. The molecule has 2 aromatic rings. The topological polar surface area (TPSA) is 46.6 Å². The molecule has 0 bridgehead atoms. The van der Waals surface area contributed by atoms with Crippen LogP contribution in [0.4, 0.5) is 0 Å². The number of carbonyl (C=O) groups excluding carboxylic acids is 2. The lowest BCUT2D eigenvalue weighted by Gasteiger charge is -2.19. The summed E-state index contributed by atoms with van der Waals surface area (Å²) in [4.78, 5) is 28.9. The van der Waals surface area contributed by atoms with Crippen molar-refractivity contribution in [2.24, 2.45) is 0 Å². The number of thioether (sulfide) groups is 1. The molecule has 2 aliphatic heterocycles. The summed E-state index contributed by atoms with van der Waals surface area (Å²) < 4.78 is 5.63. The Morgan fingerprint density at radius 1 is 1.04 bits per heavy atom. The zero-order valence-electron chi connectivity index (χ0n) is 14.6. The zero-order chi connectivity index (χ0) is 18.8. The molecule has 6 heteroatoms. The van der Waals surface area contributed by atoms with Gasteiger partial charge in [0.05, 0.1) is 23.1 Å². The Kier molecular flexibility index (Phi) is 5.34. The van der Waals surface area contributed by atoms with Gasteiger partial charge in [0.15, 0.2) is 0 Å². The molecule has 0 radical (unpaired) electrons. The average molecular weight is 400 g/mol. The molecule has 1 atom stereocenters. The predicted molar refractivity (Wildman–Crippen MR) is 106 cm³/mol. The van der Waals surface area contributed by atoms with Gasteiger partial charge < -0.3 is 4.74 Å². The Hall–Kier alpha value is -2.08. The highest BCUT2D eigenvalue weighted by molar-refractivity contribution is 8.04. The number of nitrogens with zero attached hydrogens (tertiary/aromatic N) is 1. The van der Waals surface area contributed by atoms with Crippen LogP contribution < -0.4 is 0 Å². The molecule has 2 heterocycles. The molecule has 0 spiro atoms. The number of amides is 2. The van der Waals surface area contributed by atoms with E-state index in [0.717, 1.165) is 17.7 Å². The Balaban J connectivity index is 1.70. The molecule has 138 valence electrons. The summed E-state index contributed by atoms with van der Waals surface area (Å²) in [5.74, 6) is -0.523. The highest BCUT2D eigenvalue weighted by atomic mass is 35.5. The number of hydrogen-bond acceptors (Lipinski definition) is 4. The van der Waals surface area contributed by atoms with Gasteiger partial charge in [0.2, 0.25) is 0 Å². The molecular weight excluding hydrogens is 382 g/mol.